The van der Waals surface area contributed by atoms with Crippen LogP contribution in [-0.4, -0.2) is 25.6 Å². The summed E-state index contributed by atoms with van der Waals surface area (Å²) in [7, 11) is 0. The van der Waals surface area contributed by atoms with Gasteiger partial charge in [-0.15, -0.1) is 11.6 Å². The van der Waals surface area contributed by atoms with E-state index in [4.69, 9.17) is 23.2 Å². The zero-order chi connectivity index (χ0) is 16.8. The Morgan fingerprint density at radius 3 is 2.52 bits per heavy atom. The molecule has 0 bridgehead atoms. The molecule has 2 unspecified atom stereocenters. The minimum atomic E-state index is -2.27. The zero-order valence-corrected chi connectivity index (χ0v) is 14.5. The first-order valence-electron chi connectivity index (χ1n) is 6.89. The van der Waals surface area contributed by atoms with Crippen molar-refractivity contribution in [3.8, 4) is 0 Å². The van der Waals surface area contributed by atoms with Crippen LogP contribution < -0.4 is 4.90 Å². The maximum absolute atomic E-state index is 11.2. The highest BCUT2D eigenvalue weighted by atomic mass is 35.5. The summed E-state index contributed by atoms with van der Waals surface area (Å²) in [6.07, 6.45) is -0.830. The highest BCUT2D eigenvalue weighted by Gasteiger charge is 2.15. The first-order valence-corrected chi connectivity index (χ1v) is 9.05. The average Bonchev–Trinajstić information content (AvgIpc) is 2.54. The van der Waals surface area contributed by atoms with Crippen molar-refractivity contribution >= 4 is 40.0 Å². The van der Waals surface area contributed by atoms with Crippen molar-refractivity contribution in [1.82, 2.24) is 0 Å². The van der Waals surface area contributed by atoms with Crippen molar-refractivity contribution in [3.05, 3.63) is 64.7 Å². The Bertz CT molecular complexity index is 670. The van der Waals surface area contributed by atoms with Crippen LogP contribution >= 0.6 is 23.2 Å². The largest absolute Gasteiger partial charge is 0.771 e. The Morgan fingerprint density at radius 2 is 1.91 bits per heavy atom. The molecule has 0 heterocycles. The molecule has 2 aromatic rings. The Morgan fingerprint density at radius 1 is 1.22 bits per heavy atom. The molecule has 7 heteroatoms. The maximum atomic E-state index is 11.2. The fourth-order valence-electron chi connectivity index (χ4n) is 2.20. The quantitative estimate of drug-likeness (QED) is 0.597. The second-order valence-corrected chi connectivity index (χ2v) is 6.58. The number of alkyl halides is 1. The van der Waals surface area contributed by atoms with Crippen LogP contribution in [0.15, 0.2) is 48.5 Å². The van der Waals surface area contributed by atoms with Gasteiger partial charge in [0.25, 0.3) is 0 Å². The summed E-state index contributed by atoms with van der Waals surface area (Å²) in [4.78, 5) is 1.64. The standard InChI is InChI=1S/C16H17Cl2NO3S/c17-9-16(20)13-6-7-14(18)15(8-13)19(11-23(21)22)10-12-4-2-1-3-5-12/h1-8,16,20H,9-11H2,(H,21,22)/p-1. The predicted molar refractivity (Wildman–Crippen MR) is 93.5 cm³/mol. The summed E-state index contributed by atoms with van der Waals surface area (Å²) in [6.45, 7) is 0.384. The molecule has 0 aliphatic carbocycles. The molecular weight excluding hydrogens is 357 g/mol. The number of hydrogen-bond donors (Lipinski definition) is 1. The summed E-state index contributed by atoms with van der Waals surface area (Å²) in [5.41, 5.74) is 2.09. The number of aliphatic hydroxyl groups is 1. The SMILES string of the molecule is O=S([O-])CN(Cc1ccccc1)c1cc(C(O)CCl)ccc1Cl. The molecule has 1 N–H and O–H groups in total. The van der Waals surface area contributed by atoms with Gasteiger partial charge in [0.2, 0.25) is 0 Å². The summed E-state index contributed by atoms with van der Waals surface area (Å²) in [6, 6.07) is 14.5. The van der Waals surface area contributed by atoms with E-state index in [0.29, 0.717) is 22.8 Å². The van der Waals surface area contributed by atoms with Crippen LogP contribution in [0.5, 0.6) is 0 Å². The van der Waals surface area contributed by atoms with Gasteiger partial charge in [-0.3, -0.25) is 4.21 Å². The monoisotopic (exact) mass is 372 g/mol. The number of hydrogen-bond acceptors (Lipinski definition) is 4. The van der Waals surface area contributed by atoms with Gasteiger partial charge in [-0.25, -0.2) is 0 Å². The molecule has 0 saturated heterocycles. The van der Waals surface area contributed by atoms with Crippen LogP contribution in [0.2, 0.25) is 5.02 Å². The molecule has 0 aliphatic rings. The second-order valence-electron chi connectivity index (χ2n) is 5.00. The van der Waals surface area contributed by atoms with E-state index in [1.807, 2.05) is 30.3 Å². The molecule has 4 nitrogen and oxygen atoms in total. The highest BCUT2D eigenvalue weighted by Crippen LogP contribution is 2.31. The molecule has 0 saturated carbocycles. The molecule has 0 aliphatic heterocycles. The van der Waals surface area contributed by atoms with E-state index in [-0.39, 0.29) is 11.8 Å². The van der Waals surface area contributed by atoms with Gasteiger partial charge in [0.15, 0.2) is 0 Å². The first-order chi connectivity index (χ1) is 11.0. The molecular formula is C16H16Cl2NO3S-. The van der Waals surface area contributed by atoms with Gasteiger partial charge in [-0.05, 0) is 34.3 Å². The Kier molecular flexibility index (Phi) is 6.87. The third kappa shape index (κ3) is 5.19. The zero-order valence-electron chi connectivity index (χ0n) is 12.2. The molecule has 2 rings (SSSR count). The van der Waals surface area contributed by atoms with E-state index < -0.39 is 17.2 Å². The predicted octanol–water partition coefficient (Wildman–Crippen LogP) is 3.46. The number of aliphatic hydroxyl groups excluding tert-OH is 1. The van der Waals surface area contributed by atoms with E-state index in [1.54, 1.807) is 23.1 Å². The Hall–Kier alpha value is -1.11. The second kappa shape index (κ2) is 8.66. The number of halogens is 2. The number of rotatable bonds is 7. The van der Waals surface area contributed by atoms with Gasteiger partial charge in [-0.1, -0.05) is 48.0 Å². The third-order valence-electron chi connectivity index (χ3n) is 3.32. The van der Waals surface area contributed by atoms with Gasteiger partial charge < -0.3 is 14.6 Å². The van der Waals surface area contributed by atoms with E-state index in [1.165, 1.54) is 0 Å². The number of nitrogens with zero attached hydrogens (tertiary/aromatic N) is 1. The minimum Gasteiger partial charge on any atom is -0.771 e. The molecule has 0 aromatic heterocycles. The van der Waals surface area contributed by atoms with Crippen LogP contribution in [0, 0.1) is 0 Å². The molecule has 2 atom stereocenters. The lowest BCUT2D eigenvalue weighted by Gasteiger charge is -2.27. The van der Waals surface area contributed by atoms with Crippen molar-refractivity contribution in [3.63, 3.8) is 0 Å². The topological polar surface area (TPSA) is 63.6 Å². The highest BCUT2D eigenvalue weighted by molar-refractivity contribution is 7.79. The van der Waals surface area contributed by atoms with Crippen LogP contribution in [0.3, 0.4) is 0 Å². The molecule has 124 valence electrons. The molecule has 0 amide bonds. The fraction of sp³-hybridized carbons (Fsp3) is 0.250. The van der Waals surface area contributed by atoms with Crippen LogP contribution in [-0.2, 0) is 17.6 Å². The van der Waals surface area contributed by atoms with E-state index in [9.17, 15) is 13.9 Å². The van der Waals surface area contributed by atoms with Crippen molar-refractivity contribution in [1.29, 1.82) is 0 Å². The van der Waals surface area contributed by atoms with Crippen LogP contribution in [0.1, 0.15) is 17.2 Å². The van der Waals surface area contributed by atoms with E-state index in [0.717, 1.165) is 5.56 Å². The van der Waals surface area contributed by atoms with Crippen LogP contribution in [0.25, 0.3) is 0 Å². The minimum absolute atomic E-state index is 0.0489. The molecule has 0 fully saturated rings. The van der Waals surface area contributed by atoms with Gasteiger partial charge >= 0.3 is 0 Å². The molecule has 2 aromatic carbocycles. The lowest BCUT2D eigenvalue weighted by molar-refractivity contribution is 0.202. The van der Waals surface area contributed by atoms with E-state index >= 15 is 0 Å². The number of benzene rings is 2. The van der Waals surface area contributed by atoms with Gasteiger partial charge in [0, 0.05) is 6.54 Å². The molecule has 0 spiro atoms. The third-order valence-corrected chi connectivity index (χ3v) is 4.45. The lowest BCUT2D eigenvalue weighted by atomic mass is 10.1. The van der Waals surface area contributed by atoms with Gasteiger partial charge in [0.05, 0.1) is 28.6 Å². The normalized spacial score (nSPS) is 13.6. The first kappa shape index (κ1) is 18.2. The lowest BCUT2D eigenvalue weighted by Crippen LogP contribution is -2.27. The van der Waals surface area contributed by atoms with Gasteiger partial charge in [0.1, 0.15) is 0 Å². The van der Waals surface area contributed by atoms with Crippen molar-refractivity contribution < 1.29 is 13.9 Å². The fourth-order valence-corrected chi connectivity index (χ4v) is 3.10. The summed E-state index contributed by atoms with van der Waals surface area (Å²) >= 11 is 9.64. The summed E-state index contributed by atoms with van der Waals surface area (Å²) in [5.74, 6) is -0.151. The van der Waals surface area contributed by atoms with Gasteiger partial charge in [-0.2, -0.15) is 0 Å². The average molecular weight is 373 g/mol. The maximum Gasteiger partial charge on any atom is 0.0926 e. The smallest absolute Gasteiger partial charge is 0.0926 e. The van der Waals surface area contributed by atoms with Crippen molar-refractivity contribution in [2.24, 2.45) is 0 Å². The van der Waals surface area contributed by atoms with E-state index in [2.05, 4.69) is 0 Å². The van der Waals surface area contributed by atoms with Crippen LogP contribution in [0.4, 0.5) is 5.69 Å². The summed E-state index contributed by atoms with van der Waals surface area (Å²) in [5, 5.41) is 10.3. The number of anilines is 1. The molecule has 0 radical (unpaired) electrons. The van der Waals surface area contributed by atoms with Crippen molar-refractivity contribution in [2.75, 3.05) is 16.7 Å². The Labute approximate surface area is 147 Å². The summed E-state index contributed by atoms with van der Waals surface area (Å²) < 4.78 is 22.4. The molecule has 23 heavy (non-hydrogen) atoms. The van der Waals surface area contributed by atoms with Crippen molar-refractivity contribution in [2.45, 2.75) is 12.6 Å². The Balaban J connectivity index is 2.36.